The molecule has 0 bridgehead atoms. The first kappa shape index (κ1) is 38.8. The number of aromatic nitrogens is 8. The first-order valence-electron chi connectivity index (χ1n) is 15.7. The molecule has 2 aromatic carbocycles. The van der Waals surface area contributed by atoms with Crippen molar-refractivity contribution in [3.05, 3.63) is 116 Å². The van der Waals surface area contributed by atoms with E-state index in [0.717, 1.165) is 70.7 Å². The number of nitrogens with zero attached hydrogens (tertiary/aromatic N) is 8. The molecule has 55 heavy (non-hydrogen) atoms. The van der Waals surface area contributed by atoms with Gasteiger partial charge in [0.05, 0.1) is 40.8 Å². The molecule has 4 atom stereocenters. The van der Waals surface area contributed by atoms with Crippen molar-refractivity contribution in [1.82, 2.24) is 39.3 Å². The fourth-order valence-corrected chi connectivity index (χ4v) is 6.95. The van der Waals surface area contributed by atoms with Crippen LogP contribution in [0.3, 0.4) is 0 Å². The van der Waals surface area contributed by atoms with E-state index in [9.17, 15) is 37.3 Å². The molecule has 0 radical (unpaired) electrons. The number of alkyl halides is 3. The number of aliphatic hydroxyl groups excluding tert-OH is 2. The summed E-state index contributed by atoms with van der Waals surface area (Å²) in [5, 5.41) is 46.2. The highest BCUT2D eigenvalue weighted by Crippen LogP contribution is 2.50. The van der Waals surface area contributed by atoms with Gasteiger partial charge in [0.15, 0.2) is 34.8 Å². The van der Waals surface area contributed by atoms with Crippen molar-refractivity contribution in [2.75, 3.05) is 6.61 Å². The Bertz CT molecular complexity index is 2460. The van der Waals surface area contributed by atoms with E-state index in [0.29, 0.717) is 4.68 Å². The Labute approximate surface area is 322 Å². The highest BCUT2D eigenvalue weighted by Gasteiger charge is 2.66. The van der Waals surface area contributed by atoms with Crippen molar-refractivity contribution < 1.29 is 50.8 Å². The normalized spacial score (nSPS) is 21.7. The largest absolute Gasteiger partial charge is 0.435 e. The van der Waals surface area contributed by atoms with Crippen LogP contribution in [0.1, 0.15) is 23.8 Å². The predicted molar refractivity (Wildman–Crippen MR) is 182 cm³/mol. The Hall–Kier alpha value is -4.44. The van der Waals surface area contributed by atoms with Gasteiger partial charge in [-0.2, -0.15) is 28.5 Å². The van der Waals surface area contributed by atoms with E-state index in [2.05, 4.69) is 41.2 Å². The molecule has 1 aliphatic rings. The summed E-state index contributed by atoms with van der Waals surface area (Å²) in [5.41, 5.74) is -9.17. The fourth-order valence-electron chi connectivity index (χ4n) is 6.34. The number of hydrogen-bond donors (Lipinski definition) is 3. The Morgan fingerprint density at radius 2 is 1.47 bits per heavy atom. The number of aryl methyl sites for hydroxylation is 1. The molecule has 0 aliphatic carbocycles. The van der Waals surface area contributed by atoms with Gasteiger partial charge < -0.3 is 20.1 Å². The lowest BCUT2D eigenvalue weighted by molar-refractivity contribution is -0.338. The van der Waals surface area contributed by atoms with Gasteiger partial charge in [0.1, 0.15) is 11.9 Å². The van der Waals surface area contributed by atoms with E-state index in [1.807, 2.05) is 0 Å². The molecule has 6 aromatic rings. The lowest BCUT2D eigenvalue weighted by Gasteiger charge is -2.51. The monoisotopic (exact) mass is 876 g/mol. The molecule has 22 heteroatoms. The Morgan fingerprint density at radius 1 is 0.909 bits per heavy atom. The van der Waals surface area contributed by atoms with Crippen molar-refractivity contribution in [2.45, 2.75) is 43.2 Å². The minimum absolute atomic E-state index is 0.0442. The summed E-state index contributed by atoms with van der Waals surface area (Å²) in [4.78, 5) is 7.90. The van der Waals surface area contributed by atoms with Crippen molar-refractivity contribution >= 4 is 39.1 Å². The number of hydrogen-bond acceptors (Lipinski definition) is 9. The molecule has 1 unspecified atom stereocenters. The summed E-state index contributed by atoms with van der Waals surface area (Å²) in [6, 6.07) is 5.33. The molecule has 1 fully saturated rings. The van der Waals surface area contributed by atoms with E-state index < -0.39 is 98.9 Å². The zero-order valence-electron chi connectivity index (χ0n) is 27.4. The van der Waals surface area contributed by atoms with E-state index in [1.165, 1.54) is 6.92 Å². The van der Waals surface area contributed by atoms with Crippen LogP contribution in [0.5, 0.6) is 0 Å². The predicted octanol–water partition coefficient (Wildman–Crippen LogP) is 6.53. The average Bonchev–Trinajstić information content (AvgIpc) is 3.91. The number of aliphatic hydroxyl groups is 3. The second kappa shape index (κ2) is 13.9. The molecule has 0 amide bonds. The van der Waals surface area contributed by atoms with Crippen molar-refractivity contribution in [3.8, 4) is 27.9 Å². The summed E-state index contributed by atoms with van der Waals surface area (Å²) in [6.07, 6.45) is -4.49. The number of ether oxygens (including phenoxy) is 1. The van der Waals surface area contributed by atoms with Crippen LogP contribution < -0.4 is 0 Å². The molecular weight excluding hydrogens is 856 g/mol. The molecule has 12 nitrogen and oxygen atoms in total. The van der Waals surface area contributed by atoms with Crippen LogP contribution in [0.25, 0.3) is 27.9 Å². The summed E-state index contributed by atoms with van der Waals surface area (Å²) >= 11 is 14.6. The van der Waals surface area contributed by atoms with Gasteiger partial charge in [0, 0.05) is 51.7 Å². The highest BCUT2D eigenvalue weighted by molar-refractivity contribution is 9.10. The van der Waals surface area contributed by atoms with Gasteiger partial charge in [-0.25, -0.2) is 41.6 Å². The fraction of sp³-hybridized carbons (Fsp3) is 0.242. The molecule has 5 heterocycles. The van der Waals surface area contributed by atoms with Crippen LogP contribution in [0, 0.1) is 30.2 Å². The Balaban J connectivity index is 1.56. The first-order valence-corrected chi connectivity index (χ1v) is 17.2. The van der Waals surface area contributed by atoms with Gasteiger partial charge in [-0.15, -0.1) is 0 Å². The maximum absolute atomic E-state index is 15.3. The Morgan fingerprint density at radius 3 is 2.04 bits per heavy atom. The van der Waals surface area contributed by atoms with Crippen molar-refractivity contribution in [3.63, 3.8) is 0 Å². The molecule has 1 saturated heterocycles. The summed E-state index contributed by atoms with van der Waals surface area (Å²) in [5.74, 6) is -6.52. The topological polar surface area (TPSA) is 149 Å². The standard InChI is InChI=1S/C33H22BrCl2F7N8O4/c1-14-47-30(51(48-14)22-6-17(34)10-44-29(22)33(41,42)43)32(50-12-16(9-46-50)19-3-5-21(36)28(40)26(19)38)31(54,7-23(53)24(13-52)55-32)49-11-15(8-45-49)18-2-4-20(35)27(39)25(18)37/h2-6,8-12,23-24,52-54H,7,13H2,1H3/t23-,24-,31-,32?/m0/s1. The molecule has 1 aliphatic heterocycles. The third-order valence-corrected chi connectivity index (χ3v) is 9.89. The Kier molecular flexibility index (Phi) is 9.84. The van der Waals surface area contributed by atoms with Gasteiger partial charge >= 0.3 is 6.18 Å². The van der Waals surface area contributed by atoms with Crippen LogP contribution in [0.4, 0.5) is 30.7 Å². The first-order chi connectivity index (χ1) is 25.9. The summed E-state index contributed by atoms with van der Waals surface area (Å²) in [6.45, 7) is 0.333. The number of pyridine rings is 1. The number of halogens is 10. The van der Waals surface area contributed by atoms with Gasteiger partial charge in [-0.1, -0.05) is 23.2 Å². The molecule has 0 saturated carbocycles. The zero-order chi connectivity index (χ0) is 39.8. The molecule has 4 aromatic heterocycles. The molecule has 7 rings (SSSR count). The minimum atomic E-state index is -5.10. The lowest BCUT2D eigenvalue weighted by Crippen LogP contribution is -2.68. The second-order valence-electron chi connectivity index (χ2n) is 12.3. The lowest BCUT2D eigenvalue weighted by atomic mass is 9.86. The number of benzene rings is 2. The molecule has 3 N–H and O–H groups in total. The maximum Gasteiger partial charge on any atom is 0.435 e. The molecular formula is C33H22BrCl2F7N8O4. The van der Waals surface area contributed by atoms with E-state index >= 15 is 8.78 Å². The van der Waals surface area contributed by atoms with Crippen LogP contribution in [-0.2, 0) is 22.4 Å². The van der Waals surface area contributed by atoms with E-state index in [-0.39, 0.29) is 27.0 Å². The van der Waals surface area contributed by atoms with Gasteiger partial charge in [-0.05, 0) is 53.2 Å². The smallest absolute Gasteiger partial charge is 0.394 e. The quantitative estimate of drug-likeness (QED) is 0.120. The van der Waals surface area contributed by atoms with Gasteiger partial charge in [-0.3, -0.25) is 0 Å². The second-order valence-corrected chi connectivity index (χ2v) is 14.0. The van der Waals surface area contributed by atoms with Gasteiger partial charge in [0.2, 0.25) is 5.72 Å². The van der Waals surface area contributed by atoms with Crippen LogP contribution in [-0.4, -0.2) is 73.4 Å². The van der Waals surface area contributed by atoms with Crippen molar-refractivity contribution in [2.24, 2.45) is 0 Å². The molecule has 288 valence electrons. The van der Waals surface area contributed by atoms with Crippen molar-refractivity contribution in [1.29, 1.82) is 0 Å². The van der Waals surface area contributed by atoms with E-state index in [1.54, 1.807) is 0 Å². The average molecular weight is 878 g/mol. The summed E-state index contributed by atoms with van der Waals surface area (Å²) in [7, 11) is 0. The molecule has 0 spiro atoms. The highest BCUT2D eigenvalue weighted by atomic mass is 79.9. The minimum Gasteiger partial charge on any atom is -0.394 e. The van der Waals surface area contributed by atoms with E-state index in [4.69, 9.17) is 27.9 Å². The third-order valence-electron chi connectivity index (χ3n) is 8.87. The maximum atomic E-state index is 15.3. The summed E-state index contributed by atoms with van der Waals surface area (Å²) < 4.78 is 112. The third kappa shape index (κ3) is 6.28. The number of rotatable bonds is 7. The van der Waals surface area contributed by atoms with Crippen LogP contribution >= 0.6 is 39.1 Å². The SMILES string of the molecule is Cc1nc(C2(n3cc(-c4ccc(Cl)c(F)c4F)cn3)O[C@@H](CO)[C@@H](O)C[C@@]2(O)n2cc(-c3ccc(Cl)c(F)c3F)cn2)n(-c2cc(Br)cnc2C(F)(F)F)n1. The van der Waals surface area contributed by atoms with Crippen LogP contribution in [0.2, 0.25) is 10.0 Å². The zero-order valence-corrected chi connectivity index (χ0v) is 30.5. The van der Waals surface area contributed by atoms with Crippen LogP contribution in [0.15, 0.2) is 65.8 Å². The van der Waals surface area contributed by atoms with Gasteiger partial charge in [0.25, 0.3) is 5.72 Å².